The van der Waals surface area contributed by atoms with Gasteiger partial charge in [-0.3, -0.25) is 4.68 Å². The Morgan fingerprint density at radius 2 is 2.05 bits per heavy atom. The Kier molecular flexibility index (Phi) is 3.16. The van der Waals surface area contributed by atoms with Crippen LogP contribution in [0.25, 0.3) is 11.1 Å². The summed E-state index contributed by atoms with van der Waals surface area (Å²) in [6.07, 6.45) is 4.39. The molecule has 2 N–H and O–H groups in total. The topological polar surface area (TPSA) is 53.1 Å². The summed E-state index contributed by atoms with van der Waals surface area (Å²) in [6, 6.07) is 4.28. The van der Waals surface area contributed by atoms with E-state index in [1.807, 2.05) is 13.2 Å². The zero-order valence-electron chi connectivity index (χ0n) is 12.3. The number of anilines is 1. The van der Waals surface area contributed by atoms with Crippen molar-refractivity contribution in [1.29, 1.82) is 0 Å². The average molecular weight is 271 g/mol. The zero-order valence-corrected chi connectivity index (χ0v) is 12.3. The standard InChI is InChI=1S/C16H21N3O/c1-10-6-11(2)15(20-9-12-4-5-12)13(7-10)14-8-18-19(3)16(14)17/h6-8,12H,4-5,9,17H2,1-3H3. The van der Waals surface area contributed by atoms with Crippen molar-refractivity contribution in [2.24, 2.45) is 13.0 Å². The molecule has 3 rings (SSSR count). The Balaban J connectivity index is 2.04. The number of aromatic nitrogens is 2. The molecule has 0 bridgehead atoms. The number of aryl methyl sites for hydroxylation is 3. The van der Waals surface area contributed by atoms with E-state index in [2.05, 4.69) is 31.1 Å². The number of hydrogen-bond donors (Lipinski definition) is 1. The third-order valence-electron chi connectivity index (χ3n) is 3.85. The molecule has 0 radical (unpaired) electrons. The molecule has 1 heterocycles. The maximum Gasteiger partial charge on any atom is 0.130 e. The number of hydrogen-bond acceptors (Lipinski definition) is 3. The summed E-state index contributed by atoms with van der Waals surface area (Å²) in [5.41, 5.74) is 10.5. The zero-order chi connectivity index (χ0) is 14.3. The van der Waals surface area contributed by atoms with Crippen molar-refractivity contribution in [2.75, 3.05) is 12.3 Å². The van der Waals surface area contributed by atoms with E-state index < -0.39 is 0 Å². The smallest absolute Gasteiger partial charge is 0.130 e. The highest BCUT2D eigenvalue weighted by atomic mass is 16.5. The fraction of sp³-hybridized carbons (Fsp3) is 0.438. The molecule has 1 fully saturated rings. The molecule has 1 aliphatic rings. The number of nitrogens with two attached hydrogens (primary N) is 1. The first kappa shape index (κ1) is 13.0. The second-order valence-electron chi connectivity index (χ2n) is 5.78. The molecular formula is C16H21N3O. The summed E-state index contributed by atoms with van der Waals surface area (Å²) in [7, 11) is 1.85. The van der Waals surface area contributed by atoms with Gasteiger partial charge in [-0.1, -0.05) is 6.07 Å². The van der Waals surface area contributed by atoms with Gasteiger partial charge in [-0.05, 0) is 49.8 Å². The number of rotatable bonds is 4. The van der Waals surface area contributed by atoms with E-state index in [9.17, 15) is 0 Å². The van der Waals surface area contributed by atoms with Crippen LogP contribution in [-0.2, 0) is 7.05 Å². The van der Waals surface area contributed by atoms with E-state index >= 15 is 0 Å². The molecule has 1 saturated carbocycles. The molecule has 1 aliphatic carbocycles. The summed E-state index contributed by atoms with van der Waals surface area (Å²) >= 11 is 0. The van der Waals surface area contributed by atoms with Gasteiger partial charge in [-0.15, -0.1) is 0 Å². The van der Waals surface area contributed by atoms with Crippen LogP contribution in [0.1, 0.15) is 24.0 Å². The van der Waals surface area contributed by atoms with E-state index in [-0.39, 0.29) is 0 Å². The van der Waals surface area contributed by atoms with Crippen LogP contribution in [-0.4, -0.2) is 16.4 Å². The lowest BCUT2D eigenvalue weighted by Crippen LogP contribution is -2.03. The highest BCUT2D eigenvalue weighted by Gasteiger charge is 2.23. The molecule has 2 aromatic rings. The van der Waals surface area contributed by atoms with Gasteiger partial charge in [-0.2, -0.15) is 5.10 Å². The lowest BCUT2D eigenvalue weighted by molar-refractivity contribution is 0.299. The van der Waals surface area contributed by atoms with Crippen molar-refractivity contribution in [2.45, 2.75) is 26.7 Å². The molecule has 0 spiro atoms. The molecule has 0 saturated heterocycles. The molecule has 0 amide bonds. The summed E-state index contributed by atoms with van der Waals surface area (Å²) in [6.45, 7) is 4.98. The van der Waals surface area contributed by atoms with Crippen molar-refractivity contribution in [3.05, 3.63) is 29.5 Å². The Labute approximate surface area is 119 Å². The molecule has 4 heteroatoms. The predicted molar refractivity (Wildman–Crippen MR) is 80.7 cm³/mol. The van der Waals surface area contributed by atoms with Gasteiger partial charge in [0.25, 0.3) is 0 Å². The third-order valence-corrected chi connectivity index (χ3v) is 3.85. The van der Waals surface area contributed by atoms with Crippen molar-refractivity contribution >= 4 is 5.82 Å². The SMILES string of the molecule is Cc1cc(C)c(OCC2CC2)c(-c2cnn(C)c2N)c1. The van der Waals surface area contributed by atoms with Crippen molar-refractivity contribution in [3.63, 3.8) is 0 Å². The van der Waals surface area contributed by atoms with Crippen LogP contribution in [0.3, 0.4) is 0 Å². The Bertz CT molecular complexity index is 641. The van der Waals surface area contributed by atoms with Crippen LogP contribution in [0.2, 0.25) is 0 Å². The summed E-state index contributed by atoms with van der Waals surface area (Å²) < 4.78 is 7.77. The van der Waals surface area contributed by atoms with Gasteiger partial charge in [-0.25, -0.2) is 0 Å². The second-order valence-corrected chi connectivity index (χ2v) is 5.78. The monoisotopic (exact) mass is 271 g/mol. The van der Waals surface area contributed by atoms with Crippen LogP contribution in [0.4, 0.5) is 5.82 Å². The lowest BCUT2D eigenvalue weighted by atomic mass is 10.0. The molecule has 0 atom stereocenters. The highest BCUT2D eigenvalue weighted by molar-refractivity contribution is 5.80. The van der Waals surface area contributed by atoms with E-state index in [1.165, 1.54) is 18.4 Å². The fourth-order valence-corrected chi connectivity index (χ4v) is 2.49. The van der Waals surface area contributed by atoms with Crippen molar-refractivity contribution in [3.8, 4) is 16.9 Å². The van der Waals surface area contributed by atoms with Crippen molar-refractivity contribution in [1.82, 2.24) is 9.78 Å². The van der Waals surface area contributed by atoms with Crippen LogP contribution in [0.15, 0.2) is 18.3 Å². The van der Waals surface area contributed by atoms with Gasteiger partial charge in [0, 0.05) is 18.2 Å². The predicted octanol–water partition coefficient (Wildman–Crippen LogP) is 3.07. The van der Waals surface area contributed by atoms with Crippen LogP contribution in [0.5, 0.6) is 5.75 Å². The van der Waals surface area contributed by atoms with Crippen LogP contribution >= 0.6 is 0 Å². The van der Waals surface area contributed by atoms with E-state index in [0.717, 1.165) is 35.0 Å². The summed E-state index contributed by atoms with van der Waals surface area (Å²) in [5, 5.41) is 4.24. The highest BCUT2D eigenvalue weighted by Crippen LogP contribution is 2.38. The first-order valence-electron chi connectivity index (χ1n) is 7.08. The molecular weight excluding hydrogens is 250 g/mol. The molecule has 4 nitrogen and oxygen atoms in total. The van der Waals surface area contributed by atoms with Gasteiger partial charge >= 0.3 is 0 Å². The van der Waals surface area contributed by atoms with Crippen LogP contribution in [0, 0.1) is 19.8 Å². The maximum atomic E-state index is 6.12. The van der Waals surface area contributed by atoms with Gasteiger partial charge in [0.1, 0.15) is 11.6 Å². The fourth-order valence-electron chi connectivity index (χ4n) is 2.49. The second kappa shape index (κ2) is 4.85. The van der Waals surface area contributed by atoms with Crippen molar-refractivity contribution < 1.29 is 4.74 Å². The number of ether oxygens (including phenoxy) is 1. The Morgan fingerprint density at radius 1 is 1.30 bits per heavy atom. The normalized spacial score (nSPS) is 14.6. The molecule has 1 aromatic carbocycles. The number of nitrogens with zero attached hydrogens (tertiary/aromatic N) is 2. The van der Waals surface area contributed by atoms with Gasteiger partial charge in [0.05, 0.1) is 12.8 Å². The first-order chi connectivity index (χ1) is 9.56. The summed E-state index contributed by atoms with van der Waals surface area (Å²) in [5.74, 6) is 2.35. The summed E-state index contributed by atoms with van der Waals surface area (Å²) in [4.78, 5) is 0. The first-order valence-corrected chi connectivity index (χ1v) is 7.08. The number of nitrogen functional groups attached to an aromatic ring is 1. The van der Waals surface area contributed by atoms with Gasteiger partial charge in [0.2, 0.25) is 0 Å². The molecule has 0 aliphatic heterocycles. The average Bonchev–Trinajstić information content (AvgIpc) is 3.15. The minimum Gasteiger partial charge on any atom is -0.492 e. The molecule has 20 heavy (non-hydrogen) atoms. The minimum absolute atomic E-state index is 0.672. The van der Waals surface area contributed by atoms with E-state index in [0.29, 0.717) is 5.82 Å². The van der Waals surface area contributed by atoms with Gasteiger partial charge < -0.3 is 10.5 Å². The Morgan fingerprint density at radius 3 is 2.65 bits per heavy atom. The molecule has 1 aromatic heterocycles. The largest absolute Gasteiger partial charge is 0.492 e. The van der Waals surface area contributed by atoms with E-state index in [4.69, 9.17) is 10.5 Å². The maximum absolute atomic E-state index is 6.12. The lowest BCUT2D eigenvalue weighted by Gasteiger charge is -2.15. The third kappa shape index (κ3) is 2.38. The minimum atomic E-state index is 0.672. The Hall–Kier alpha value is -1.97. The van der Waals surface area contributed by atoms with Crippen LogP contribution < -0.4 is 10.5 Å². The number of benzene rings is 1. The molecule has 106 valence electrons. The molecule has 0 unspecified atom stereocenters. The quantitative estimate of drug-likeness (QED) is 0.929. The van der Waals surface area contributed by atoms with E-state index in [1.54, 1.807) is 4.68 Å². The van der Waals surface area contributed by atoms with Gasteiger partial charge in [0.15, 0.2) is 0 Å².